The van der Waals surface area contributed by atoms with E-state index in [0.29, 0.717) is 15.6 Å². The highest BCUT2D eigenvalue weighted by atomic mass is 79.9. The molecule has 0 atom stereocenters. The van der Waals surface area contributed by atoms with Crippen LogP contribution in [0.5, 0.6) is 0 Å². The third-order valence-corrected chi connectivity index (χ3v) is 4.79. The second-order valence-electron chi connectivity index (χ2n) is 3.74. The molecule has 2 aromatic rings. The second kappa shape index (κ2) is 5.31. The van der Waals surface area contributed by atoms with Gasteiger partial charge in [-0.2, -0.15) is 5.26 Å². The number of thiophene rings is 1. The predicted molar refractivity (Wildman–Crippen MR) is 81.0 cm³/mol. The molecule has 0 spiro atoms. The van der Waals surface area contributed by atoms with Gasteiger partial charge >= 0.3 is 0 Å². The van der Waals surface area contributed by atoms with E-state index in [1.54, 1.807) is 0 Å². The van der Waals surface area contributed by atoms with Crippen LogP contribution in [0.15, 0.2) is 22.7 Å². The molecule has 1 aromatic carbocycles. The molecule has 2 rings (SSSR count). The monoisotopic (exact) mass is 340 g/mol. The fourth-order valence-corrected chi connectivity index (χ4v) is 3.69. The number of nitrogen functional groups attached to an aromatic ring is 1. The molecule has 0 aliphatic rings. The first-order valence-electron chi connectivity index (χ1n) is 5.35. The third kappa shape index (κ3) is 2.26. The number of anilines is 1. The van der Waals surface area contributed by atoms with Crippen LogP contribution in [0, 0.1) is 11.3 Å². The number of nitrogens with zero attached hydrogens (tertiary/aromatic N) is 1. The Bertz CT molecular complexity index is 643. The van der Waals surface area contributed by atoms with E-state index in [4.69, 9.17) is 22.6 Å². The highest BCUT2D eigenvalue weighted by Gasteiger charge is 2.17. The summed E-state index contributed by atoms with van der Waals surface area (Å²) < 4.78 is 0.951. The molecule has 2 N–H and O–H groups in total. The Balaban J connectivity index is 2.71. The number of halogens is 2. The Morgan fingerprint density at radius 1 is 1.50 bits per heavy atom. The molecular weight excluding hydrogens is 332 g/mol. The summed E-state index contributed by atoms with van der Waals surface area (Å²) in [5.41, 5.74) is 8.58. The van der Waals surface area contributed by atoms with E-state index in [1.807, 2.05) is 25.1 Å². The highest BCUT2D eigenvalue weighted by molar-refractivity contribution is 9.10. The lowest BCUT2D eigenvalue weighted by atomic mass is 10.1. The summed E-state index contributed by atoms with van der Waals surface area (Å²) in [6.45, 7) is 2.03. The van der Waals surface area contributed by atoms with E-state index in [0.717, 1.165) is 26.9 Å². The minimum absolute atomic E-state index is 0.564. The van der Waals surface area contributed by atoms with Gasteiger partial charge in [0.2, 0.25) is 0 Å². The molecule has 18 heavy (non-hydrogen) atoms. The molecule has 2 nitrogen and oxygen atoms in total. The van der Waals surface area contributed by atoms with Crippen LogP contribution >= 0.6 is 38.9 Å². The van der Waals surface area contributed by atoms with Crippen molar-refractivity contribution in [2.75, 3.05) is 5.73 Å². The van der Waals surface area contributed by atoms with Crippen molar-refractivity contribution >= 4 is 44.6 Å². The molecule has 1 heterocycles. The first-order valence-corrected chi connectivity index (χ1v) is 7.33. The van der Waals surface area contributed by atoms with Crippen molar-refractivity contribution in [3.05, 3.63) is 38.1 Å². The van der Waals surface area contributed by atoms with E-state index < -0.39 is 0 Å². The Morgan fingerprint density at radius 3 is 2.83 bits per heavy atom. The maximum Gasteiger partial charge on any atom is 0.128 e. The zero-order chi connectivity index (χ0) is 13.3. The van der Waals surface area contributed by atoms with Crippen LogP contribution in [0.3, 0.4) is 0 Å². The van der Waals surface area contributed by atoms with Gasteiger partial charge in [0.05, 0.1) is 5.69 Å². The molecule has 0 bridgehead atoms. The first kappa shape index (κ1) is 13.4. The standard InChI is InChI=1S/C13H10BrClN2S/c1-2-8-12(17)11(6-16)18-13(8)9-5-7(15)3-4-10(9)14/h3-5H,2,17H2,1H3. The lowest BCUT2D eigenvalue weighted by molar-refractivity contribution is 1.16. The molecule has 0 unspecified atom stereocenters. The zero-order valence-electron chi connectivity index (χ0n) is 9.63. The van der Waals surface area contributed by atoms with E-state index in [1.165, 1.54) is 11.3 Å². The molecule has 1 aromatic heterocycles. The fourth-order valence-electron chi connectivity index (χ4n) is 1.80. The van der Waals surface area contributed by atoms with Crippen LogP contribution in [0.1, 0.15) is 17.4 Å². The van der Waals surface area contributed by atoms with E-state index in [-0.39, 0.29) is 0 Å². The molecule has 0 amide bonds. The minimum Gasteiger partial charge on any atom is -0.397 e. The Morgan fingerprint density at radius 2 is 2.22 bits per heavy atom. The fraction of sp³-hybridized carbons (Fsp3) is 0.154. The summed E-state index contributed by atoms with van der Waals surface area (Å²) in [7, 11) is 0. The van der Waals surface area contributed by atoms with Crippen molar-refractivity contribution in [2.45, 2.75) is 13.3 Å². The normalized spacial score (nSPS) is 10.3. The van der Waals surface area contributed by atoms with Gasteiger partial charge in [-0.1, -0.05) is 34.5 Å². The van der Waals surface area contributed by atoms with Crippen LogP contribution < -0.4 is 5.73 Å². The largest absolute Gasteiger partial charge is 0.397 e. The van der Waals surface area contributed by atoms with Crippen molar-refractivity contribution in [1.82, 2.24) is 0 Å². The average Bonchev–Trinajstić information content (AvgIpc) is 2.68. The summed E-state index contributed by atoms with van der Waals surface area (Å²) in [6.07, 6.45) is 0.790. The van der Waals surface area contributed by atoms with Crippen LogP contribution in [-0.4, -0.2) is 0 Å². The summed E-state index contributed by atoms with van der Waals surface area (Å²) >= 11 is 11.0. The molecule has 0 aliphatic heterocycles. The van der Waals surface area contributed by atoms with Crippen molar-refractivity contribution in [3.8, 4) is 16.5 Å². The molecule has 0 aliphatic carbocycles. The second-order valence-corrected chi connectivity index (χ2v) is 6.05. The van der Waals surface area contributed by atoms with Gasteiger partial charge in [-0.3, -0.25) is 0 Å². The number of nitrogens with two attached hydrogens (primary N) is 1. The summed E-state index contributed by atoms with van der Waals surface area (Å²) in [6, 6.07) is 7.75. The minimum atomic E-state index is 0.564. The topological polar surface area (TPSA) is 49.8 Å². The third-order valence-electron chi connectivity index (χ3n) is 2.68. The Kier molecular flexibility index (Phi) is 3.96. The van der Waals surface area contributed by atoms with E-state index in [9.17, 15) is 0 Å². The van der Waals surface area contributed by atoms with Gasteiger partial charge in [0.15, 0.2) is 0 Å². The Labute approximate surface area is 123 Å². The molecule has 92 valence electrons. The molecule has 0 saturated heterocycles. The lowest BCUT2D eigenvalue weighted by Gasteiger charge is -2.06. The van der Waals surface area contributed by atoms with Crippen molar-refractivity contribution in [2.24, 2.45) is 0 Å². The van der Waals surface area contributed by atoms with Gasteiger partial charge in [0.25, 0.3) is 0 Å². The van der Waals surface area contributed by atoms with Crippen LogP contribution in [-0.2, 0) is 6.42 Å². The van der Waals surface area contributed by atoms with Gasteiger partial charge in [0.1, 0.15) is 10.9 Å². The number of hydrogen-bond donors (Lipinski definition) is 1. The summed E-state index contributed by atoms with van der Waals surface area (Å²) in [5, 5.41) is 9.73. The van der Waals surface area contributed by atoms with Crippen molar-refractivity contribution in [1.29, 1.82) is 5.26 Å². The van der Waals surface area contributed by atoms with Gasteiger partial charge in [-0.05, 0) is 30.2 Å². The molecule has 0 radical (unpaired) electrons. The molecule has 0 saturated carbocycles. The predicted octanol–water partition coefficient (Wildman–Crippen LogP) is 4.85. The highest BCUT2D eigenvalue weighted by Crippen LogP contribution is 2.42. The van der Waals surface area contributed by atoms with Gasteiger partial charge in [0, 0.05) is 19.9 Å². The van der Waals surface area contributed by atoms with Crippen LogP contribution in [0.2, 0.25) is 5.02 Å². The average molecular weight is 342 g/mol. The van der Waals surface area contributed by atoms with Crippen molar-refractivity contribution < 1.29 is 0 Å². The maximum atomic E-state index is 9.07. The quantitative estimate of drug-likeness (QED) is 0.849. The van der Waals surface area contributed by atoms with Gasteiger partial charge in [-0.15, -0.1) is 11.3 Å². The van der Waals surface area contributed by atoms with Gasteiger partial charge < -0.3 is 5.73 Å². The van der Waals surface area contributed by atoms with Crippen LogP contribution in [0.25, 0.3) is 10.4 Å². The molecular formula is C13H10BrClN2S. The number of rotatable bonds is 2. The zero-order valence-corrected chi connectivity index (χ0v) is 12.8. The number of benzene rings is 1. The maximum absolute atomic E-state index is 9.07. The SMILES string of the molecule is CCc1c(-c2cc(Cl)ccc2Br)sc(C#N)c1N. The van der Waals surface area contributed by atoms with Crippen LogP contribution in [0.4, 0.5) is 5.69 Å². The first-order chi connectivity index (χ1) is 8.58. The Hall–Kier alpha value is -1.02. The van der Waals surface area contributed by atoms with Gasteiger partial charge in [-0.25, -0.2) is 0 Å². The van der Waals surface area contributed by atoms with E-state index in [2.05, 4.69) is 22.0 Å². The molecule has 5 heteroatoms. The lowest BCUT2D eigenvalue weighted by Crippen LogP contribution is -1.91. The summed E-state index contributed by atoms with van der Waals surface area (Å²) in [4.78, 5) is 1.58. The van der Waals surface area contributed by atoms with Crippen molar-refractivity contribution in [3.63, 3.8) is 0 Å². The smallest absolute Gasteiger partial charge is 0.128 e. The summed E-state index contributed by atoms with van der Waals surface area (Å²) in [5.74, 6) is 0. The van der Waals surface area contributed by atoms with E-state index >= 15 is 0 Å². The number of hydrogen-bond acceptors (Lipinski definition) is 3. The number of nitriles is 1. The molecule has 0 fully saturated rings.